The number of hydrogen-bond acceptors (Lipinski definition) is 5. The lowest BCUT2D eigenvalue weighted by Crippen LogP contribution is -2.45. The number of unbranched alkanes of at least 4 members (excludes halogenated alkanes) is 1. The monoisotopic (exact) mass is 307 g/mol. The van der Waals surface area contributed by atoms with Gasteiger partial charge >= 0.3 is 0 Å². The number of hydrogen-bond donors (Lipinski definition) is 4. The quantitative estimate of drug-likeness (QED) is 0.461. The number of Topliss-reactive ketones (excluding diaryl/α,β-unsaturated/α-hetero) is 1. The lowest BCUT2D eigenvalue weighted by molar-refractivity contribution is -0.119. The van der Waals surface area contributed by atoms with Crippen LogP contribution >= 0.6 is 0 Å². The number of carbonyl (C=O) groups excluding carboxylic acids is 1. The van der Waals surface area contributed by atoms with Gasteiger partial charge in [0.15, 0.2) is 0 Å². The summed E-state index contributed by atoms with van der Waals surface area (Å²) in [5.74, 6) is 0.371. The molecular formula is C17H29N3O2. The molecule has 22 heavy (non-hydrogen) atoms. The maximum atomic E-state index is 11.8. The molecule has 0 aliphatic heterocycles. The lowest BCUT2D eigenvalue weighted by atomic mass is 10.0. The maximum Gasteiger partial charge on any atom is 0.147 e. The van der Waals surface area contributed by atoms with Gasteiger partial charge in [0.25, 0.3) is 0 Å². The second-order valence-corrected chi connectivity index (χ2v) is 5.71. The first-order chi connectivity index (χ1) is 10.6. The van der Waals surface area contributed by atoms with E-state index in [0.29, 0.717) is 12.5 Å². The zero-order chi connectivity index (χ0) is 16.4. The van der Waals surface area contributed by atoms with Crippen LogP contribution in [0.2, 0.25) is 0 Å². The van der Waals surface area contributed by atoms with Gasteiger partial charge in [-0.15, -0.1) is 0 Å². The van der Waals surface area contributed by atoms with Crippen molar-refractivity contribution >= 4 is 5.78 Å². The second kappa shape index (κ2) is 10.3. The number of aromatic hydroxyl groups is 1. The van der Waals surface area contributed by atoms with Crippen molar-refractivity contribution in [2.24, 2.45) is 5.73 Å². The van der Waals surface area contributed by atoms with Crippen molar-refractivity contribution in [2.45, 2.75) is 44.7 Å². The molecule has 0 bridgehead atoms. The van der Waals surface area contributed by atoms with Gasteiger partial charge in [-0.1, -0.05) is 18.6 Å². The zero-order valence-corrected chi connectivity index (χ0v) is 13.6. The minimum Gasteiger partial charge on any atom is -0.508 e. The molecule has 0 unspecified atom stereocenters. The van der Waals surface area contributed by atoms with E-state index in [1.54, 1.807) is 19.1 Å². The Balaban J connectivity index is 2.49. The molecule has 0 spiro atoms. The predicted molar refractivity (Wildman–Crippen MR) is 90.0 cm³/mol. The van der Waals surface area contributed by atoms with Crippen molar-refractivity contribution in [1.82, 2.24) is 10.6 Å². The van der Waals surface area contributed by atoms with E-state index in [4.69, 9.17) is 5.73 Å². The number of carbonyl (C=O) groups is 1. The second-order valence-electron chi connectivity index (χ2n) is 5.71. The summed E-state index contributed by atoms with van der Waals surface area (Å²) in [6.45, 7) is 3.09. The number of ketones is 1. The fourth-order valence-electron chi connectivity index (χ4n) is 2.40. The van der Waals surface area contributed by atoms with Crippen molar-refractivity contribution < 1.29 is 9.90 Å². The Morgan fingerprint density at radius 3 is 2.50 bits per heavy atom. The average Bonchev–Trinajstić information content (AvgIpc) is 2.51. The Kier molecular flexibility index (Phi) is 8.74. The van der Waals surface area contributed by atoms with Crippen LogP contribution in [-0.4, -0.2) is 43.1 Å². The smallest absolute Gasteiger partial charge is 0.147 e. The summed E-state index contributed by atoms with van der Waals surface area (Å²) < 4.78 is 0. The van der Waals surface area contributed by atoms with Crippen molar-refractivity contribution in [3.8, 4) is 5.75 Å². The normalized spacial score (nSPS) is 13.8. The van der Waals surface area contributed by atoms with Crippen LogP contribution in [0, 0.1) is 0 Å². The molecule has 0 saturated heterocycles. The largest absolute Gasteiger partial charge is 0.508 e. The number of phenolic OH excluding ortho intramolecular Hbond substituents is 1. The summed E-state index contributed by atoms with van der Waals surface area (Å²) in [5.41, 5.74) is 6.55. The van der Waals surface area contributed by atoms with Crippen LogP contribution < -0.4 is 16.4 Å². The minimum absolute atomic E-state index is 0.130. The maximum absolute atomic E-state index is 11.8. The third-order valence-corrected chi connectivity index (χ3v) is 3.89. The number of likely N-dealkylation sites (N-methyl/N-ethyl adjacent to an activating group) is 1. The first-order valence-electron chi connectivity index (χ1n) is 7.96. The topological polar surface area (TPSA) is 87.4 Å². The number of phenols is 1. The highest BCUT2D eigenvalue weighted by molar-refractivity contribution is 5.81. The van der Waals surface area contributed by atoms with Crippen LogP contribution in [0.5, 0.6) is 5.75 Å². The Morgan fingerprint density at radius 2 is 1.95 bits per heavy atom. The molecule has 0 saturated carbocycles. The van der Waals surface area contributed by atoms with Crippen LogP contribution in [0.15, 0.2) is 24.3 Å². The van der Waals surface area contributed by atoms with Crippen LogP contribution in [0.25, 0.3) is 0 Å². The SMILES string of the molecule is CN[C@@H](CCCCN)CN[C@@H](Cc1ccc(O)cc1)C(C)=O. The molecule has 1 aromatic rings. The van der Waals surface area contributed by atoms with Gasteiger partial charge in [-0.05, 0) is 57.5 Å². The van der Waals surface area contributed by atoms with Crippen LogP contribution in [0.1, 0.15) is 31.7 Å². The fraction of sp³-hybridized carbons (Fsp3) is 0.588. The molecule has 124 valence electrons. The zero-order valence-electron chi connectivity index (χ0n) is 13.6. The molecule has 0 fully saturated rings. The van der Waals surface area contributed by atoms with Gasteiger partial charge in [-0.2, -0.15) is 0 Å². The van der Waals surface area contributed by atoms with Crippen LogP contribution in [-0.2, 0) is 11.2 Å². The van der Waals surface area contributed by atoms with Gasteiger partial charge in [0.05, 0.1) is 6.04 Å². The highest BCUT2D eigenvalue weighted by atomic mass is 16.3. The van der Waals surface area contributed by atoms with E-state index in [-0.39, 0.29) is 17.6 Å². The summed E-state index contributed by atoms with van der Waals surface area (Å²) in [6, 6.07) is 7.14. The van der Waals surface area contributed by atoms with Crippen molar-refractivity contribution in [1.29, 1.82) is 0 Å². The van der Waals surface area contributed by atoms with Gasteiger partial charge in [0.2, 0.25) is 0 Å². The number of nitrogens with two attached hydrogens (primary N) is 1. The van der Waals surface area contributed by atoms with E-state index in [0.717, 1.165) is 37.9 Å². The first kappa shape index (κ1) is 18.6. The van der Waals surface area contributed by atoms with E-state index < -0.39 is 0 Å². The van der Waals surface area contributed by atoms with Crippen molar-refractivity contribution in [2.75, 3.05) is 20.1 Å². The molecule has 0 aliphatic rings. The van der Waals surface area contributed by atoms with Crippen molar-refractivity contribution in [3.63, 3.8) is 0 Å². The number of nitrogens with one attached hydrogen (secondary N) is 2. The molecule has 0 radical (unpaired) electrons. The molecule has 0 aliphatic carbocycles. The van der Waals surface area contributed by atoms with E-state index >= 15 is 0 Å². The molecule has 5 N–H and O–H groups in total. The van der Waals surface area contributed by atoms with E-state index in [1.165, 1.54) is 0 Å². The predicted octanol–water partition coefficient (Wildman–Crippen LogP) is 1.20. The lowest BCUT2D eigenvalue weighted by Gasteiger charge is -2.21. The number of benzene rings is 1. The third-order valence-electron chi connectivity index (χ3n) is 3.89. The van der Waals surface area contributed by atoms with Gasteiger partial charge in [0.1, 0.15) is 11.5 Å². The van der Waals surface area contributed by atoms with Gasteiger partial charge in [0, 0.05) is 12.6 Å². The van der Waals surface area contributed by atoms with E-state index in [9.17, 15) is 9.90 Å². The Morgan fingerprint density at radius 1 is 1.27 bits per heavy atom. The molecule has 5 nitrogen and oxygen atoms in total. The summed E-state index contributed by atoms with van der Waals surface area (Å²) in [5, 5.41) is 15.9. The van der Waals surface area contributed by atoms with E-state index in [1.807, 2.05) is 19.2 Å². The summed E-state index contributed by atoms with van der Waals surface area (Å²) in [4.78, 5) is 11.8. The highest BCUT2D eigenvalue weighted by Gasteiger charge is 2.16. The standard InChI is InChI=1S/C17H29N3O2/c1-13(21)17(11-14-6-8-16(22)9-7-14)20-12-15(19-2)5-3-4-10-18/h6-9,15,17,19-20,22H,3-5,10-12,18H2,1-2H3/t15-,17-/m0/s1. The summed E-state index contributed by atoms with van der Waals surface area (Å²) in [7, 11) is 1.94. The molecule has 0 aromatic heterocycles. The Labute approximate surface area is 133 Å². The van der Waals surface area contributed by atoms with Gasteiger partial charge < -0.3 is 21.5 Å². The molecule has 2 atom stereocenters. The molecule has 0 amide bonds. The summed E-state index contributed by atoms with van der Waals surface area (Å²) >= 11 is 0. The molecule has 1 rings (SSSR count). The molecular weight excluding hydrogens is 278 g/mol. The molecule has 5 heteroatoms. The molecule has 0 heterocycles. The highest BCUT2D eigenvalue weighted by Crippen LogP contribution is 2.12. The van der Waals surface area contributed by atoms with E-state index in [2.05, 4.69) is 10.6 Å². The third kappa shape index (κ3) is 7.02. The minimum atomic E-state index is -0.199. The number of rotatable bonds is 11. The van der Waals surface area contributed by atoms with Gasteiger partial charge in [-0.25, -0.2) is 0 Å². The van der Waals surface area contributed by atoms with Crippen molar-refractivity contribution in [3.05, 3.63) is 29.8 Å². The van der Waals surface area contributed by atoms with Gasteiger partial charge in [-0.3, -0.25) is 4.79 Å². The molecule has 1 aromatic carbocycles. The average molecular weight is 307 g/mol. The Hall–Kier alpha value is -1.43. The van der Waals surface area contributed by atoms with Crippen LogP contribution in [0.4, 0.5) is 0 Å². The summed E-state index contributed by atoms with van der Waals surface area (Å²) in [6.07, 6.45) is 3.80. The Bertz CT molecular complexity index is 434. The van der Waals surface area contributed by atoms with Crippen LogP contribution in [0.3, 0.4) is 0 Å². The first-order valence-corrected chi connectivity index (χ1v) is 7.96. The fourth-order valence-corrected chi connectivity index (χ4v) is 2.40.